The van der Waals surface area contributed by atoms with E-state index in [4.69, 9.17) is 4.74 Å². The molecule has 0 aromatic heterocycles. The van der Waals surface area contributed by atoms with Crippen LogP contribution < -0.4 is 10.6 Å². The zero-order valence-electron chi connectivity index (χ0n) is 11.5. The van der Waals surface area contributed by atoms with Gasteiger partial charge in [-0.3, -0.25) is 0 Å². The summed E-state index contributed by atoms with van der Waals surface area (Å²) in [6, 6.07) is 5.92. The van der Waals surface area contributed by atoms with Crippen LogP contribution in [0.5, 0.6) is 0 Å². The largest absolute Gasteiger partial charge is 0.386 e. The van der Waals surface area contributed by atoms with E-state index < -0.39 is 5.60 Å². The van der Waals surface area contributed by atoms with E-state index in [2.05, 4.69) is 17.6 Å². The van der Waals surface area contributed by atoms with Gasteiger partial charge in [0.1, 0.15) is 0 Å². The zero-order chi connectivity index (χ0) is 13.4. The van der Waals surface area contributed by atoms with Crippen LogP contribution in [0.2, 0.25) is 0 Å². The van der Waals surface area contributed by atoms with E-state index >= 15 is 0 Å². The van der Waals surface area contributed by atoms with Crippen LogP contribution in [0.4, 0.5) is 11.4 Å². The molecule has 0 amide bonds. The maximum absolute atomic E-state index is 10.1. The molecule has 1 saturated heterocycles. The van der Waals surface area contributed by atoms with Gasteiger partial charge in [-0.2, -0.15) is 0 Å². The first-order valence-electron chi connectivity index (χ1n) is 6.25. The topological polar surface area (TPSA) is 53.5 Å². The van der Waals surface area contributed by atoms with E-state index in [-0.39, 0.29) is 5.54 Å². The molecule has 1 aromatic rings. The van der Waals surface area contributed by atoms with Gasteiger partial charge in [0.25, 0.3) is 0 Å². The summed E-state index contributed by atoms with van der Waals surface area (Å²) in [6.45, 7) is 7.14. The van der Waals surface area contributed by atoms with E-state index in [1.54, 1.807) is 13.8 Å². The lowest BCUT2D eigenvalue weighted by atomic mass is 9.95. The van der Waals surface area contributed by atoms with Crippen LogP contribution in [-0.2, 0) is 10.3 Å². The van der Waals surface area contributed by atoms with Crippen molar-refractivity contribution in [1.29, 1.82) is 0 Å². The maximum Gasteiger partial charge on any atom is 0.0841 e. The molecule has 2 rings (SSSR count). The Hall–Kier alpha value is -1.26. The summed E-state index contributed by atoms with van der Waals surface area (Å²) in [5, 5.41) is 16.7. The Morgan fingerprint density at radius 3 is 2.39 bits per heavy atom. The van der Waals surface area contributed by atoms with Gasteiger partial charge in [0.05, 0.1) is 35.7 Å². The molecule has 1 aliphatic heterocycles. The quantitative estimate of drug-likeness (QED) is 0.766. The van der Waals surface area contributed by atoms with Crippen LogP contribution in [0.25, 0.3) is 0 Å². The molecule has 18 heavy (non-hydrogen) atoms. The highest BCUT2D eigenvalue weighted by Gasteiger charge is 2.33. The molecule has 0 aliphatic carbocycles. The minimum atomic E-state index is -0.834. The van der Waals surface area contributed by atoms with E-state index in [9.17, 15) is 5.11 Å². The molecule has 0 unspecified atom stereocenters. The molecule has 0 bridgehead atoms. The molecule has 1 fully saturated rings. The van der Waals surface area contributed by atoms with Crippen LogP contribution >= 0.6 is 0 Å². The molecule has 0 atom stereocenters. The van der Waals surface area contributed by atoms with Crippen molar-refractivity contribution >= 4 is 11.4 Å². The van der Waals surface area contributed by atoms with Crippen molar-refractivity contribution in [1.82, 2.24) is 0 Å². The summed E-state index contributed by atoms with van der Waals surface area (Å²) in [4.78, 5) is 0. The predicted molar refractivity (Wildman–Crippen MR) is 74.1 cm³/mol. The first-order chi connectivity index (χ1) is 8.34. The third kappa shape index (κ3) is 2.60. The first-order valence-corrected chi connectivity index (χ1v) is 6.25. The van der Waals surface area contributed by atoms with Crippen LogP contribution in [0, 0.1) is 0 Å². The fraction of sp³-hybridized carbons (Fsp3) is 0.571. The van der Waals surface area contributed by atoms with Gasteiger partial charge >= 0.3 is 0 Å². The summed E-state index contributed by atoms with van der Waals surface area (Å²) in [5.74, 6) is 0. The average molecular weight is 250 g/mol. The van der Waals surface area contributed by atoms with E-state index in [0.717, 1.165) is 16.9 Å². The summed E-state index contributed by atoms with van der Waals surface area (Å²) in [6.07, 6.45) is 0. The molecule has 100 valence electrons. The Kier molecular flexibility index (Phi) is 3.25. The fourth-order valence-electron chi connectivity index (χ4n) is 2.05. The molecule has 4 heteroatoms. The highest BCUT2D eigenvalue weighted by Crippen LogP contribution is 2.32. The second-order valence-corrected chi connectivity index (χ2v) is 5.75. The van der Waals surface area contributed by atoms with Gasteiger partial charge in [0, 0.05) is 7.05 Å². The molecule has 1 aromatic carbocycles. The standard InChI is InChI=1S/C14H22N2O2/c1-13(2,17)10-5-6-11(15-4)12(7-10)16-14(3)8-18-9-14/h5-7,15-17H,8-9H2,1-4H3. The minimum Gasteiger partial charge on any atom is -0.386 e. The third-order valence-corrected chi connectivity index (χ3v) is 3.27. The number of anilines is 2. The van der Waals surface area contributed by atoms with Crippen molar-refractivity contribution < 1.29 is 9.84 Å². The number of ether oxygens (including phenoxy) is 1. The molecule has 4 nitrogen and oxygen atoms in total. The molecule has 1 heterocycles. The predicted octanol–water partition coefficient (Wildman–Crippen LogP) is 2.16. The number of rotatable bonds is 4. The number of nitrogens with one attached hydrogen (secondary N) is 2. The monoisotopic (exact) mass is 250 g/mol. The first kappa shape index (κ1) is 13.2. The Morgan fingerprint density at radius 2 is 1.94 bits per heavy atom. The van der Waals surface area contributed by atoms with E-state index in [1.807, 2.05) is 25.2 Å². The summed E-state index contributed by atoms with van der Waals surface area (Å²) < 4.78 is 5.25. The molecular formula is C14H22N2O2. The van der Waals surface area contributed by atoms with Gasteiger partial charge in [0.15, 0.2) is 0 Å². The van der Waals surface area contributed by atoms with E-state index in [0.29, 0.717) is 13.2 Å². The fourth-order valence-corrected chi connectivity index (χ4v) is 2.05. The van der Waals surface area contributed by atoms with Crippen LogP contribution in [0.1, 0.15) is 26.3 Å². The van der Waals surface area contributed by atoms with Gasteiger partial charge in [-0.15, -0.1) is 0 Å². The maximum atomic E-state index is 10.1. The normalized spacial score (nSPS) is 18.1. The lowest BCUT2D eigenvalue weighted by Crippen LogP contribution is -2.53. The Morgan fingerprint density at radius 1 is 1.28 bits per heavy atom. The van der Waals surface area contributed by atoms with Crippen LogP contribution in [0.3, 0.4) is 0 Å². The van der Waals surface area contributed by atoms with Crippen molar-refractivity contribution in [3.8, 4) is 0 Å². The lowest BCUT2D eigenvalue weighted by molar-refractivity contribution is -0.0318. The Bertz CT molecular complexity index is 434. The summed E-state index contributed by atoms with van der Waals surface area (Å²) in [5.41, 5.74) is 2.08. The smallest absolute Gasteiger partial charge is 0.0841 e. The highest BCUT2D eigenvalue weighted by atomic mass is 16.5. The summed E-state index contributed by atoms with van der Waals surface area (Å²) >= 11 is 0. The minimum absolute atomic E-state index is 0.0101. The van der Waals surface area contributed by atoms with Crippen molar-refractivity contribution in [3.05, 3.63) is 23.8 Å². The van der Waals surface area contributed by atoms with Gasteiger partial charge in [0.2, 0.25) is 0 Å². The summed E-state index contributed by atoms with van der Waals surface area (Å²) in [7, 11) is 1.89. The second-order valence-electron chi connectivity index (χ2n) is 5.75. The lowest BCUT2D eigenvalue weighted by Gasteiger charge is -2.40. The molecule has 1 aliphatic rings. The molecule has 0 radical (unpaired) electrons. The van der Waals surface area contributed by atoms with E-state index in [1.165, 1.54) is 0 Å². The highest BCUT2D eigenvalue weighted by molar-refractivity contribution is 5.71. The molecule has 3 N–H and O–H groups in total. The van der Waals surface area contributed by atoms with Crippen molar-refractivity contribution in [2.45, 2.75) is 31.9 Å². The van der Waals surface area contributed by atoms with Gasteiger partial charge < -0.3 is 20.5 Å². The number of hydrogen-bond donors (Lipinski definition) is 3. The Labute approximate surface area is 108 Å². The van der Waals surface area contributed by atoms with Gasteiger partial charge in [-0.1, -0.05) is 6.07 Å². The van der Waals surface area contributed by atoms with Crippen LogP contribution in [-0.4, -0.2) is 30.9 Å². The zero-order valence-corrected chi connectivity index (χ0v) is 11.5. The second kappa shape index (κ2) is 4.44. The van der Waals surface area contributed by atoms with Crippen molar-refractivity contribution in [2.24, 2.45) is 0 Å². The SMILES string of the molecule is CNc1ccc(C(C)(C)O)cc1NC1(C)COC1. The molecular weight excluding hydrogens is 228 g/mol. The number of benzene rings is 1. The Balaban J connectivity index is 2.30. The van der Waals surface area contributed by atoms with Crippen molar-refractivity contribution in [2.75, 3.05) is 30.9 Å². The van der Waals surface area contributed by atoms with Crippen LogP contribution in [0.15, 0.2) is 18.2 Å². The molecule has 0 spiro atoms. The number of hydrogen-bond acceptors (Lipinski definition) is 4. The van der Waals surface area contributed by atoms with Gasteiger partial charge in [-0.25, -0.2) is 0 Å². The third-order valence-electron chi connectivity index (χ3n) is 3.27. The average Bonchev–Trinajstić information content (AvgIpc) is 2.25. The van der Waals surface area contributed by atoms with Gasteiger partial charge in [-0.05, 0) is 38.5 Å². The number of aliphatic hydroxyl groups is 1. The van der Waals surface area contributed by atoms with Crippen molar-refractivity contribution in [3.63, 3.8) is 0 Å². The molecule has 0 saturated carbocycles.